The van der Waals surface area contributed by atoms with E-state index in [9.17, 15) is 9.18 Å². The maximum Gasteiger partial charge on any atom is 0.213 e. The lowest BCUT2D eigenvalue weighted by Gasteiger charge is -2.03. The molecule has 3 heterocycles. The summed E-state index contributed by atoms with van der Waals surface area (Å²) in [7, 11) is 0. The van der Waals surface area contributed by atoms with Crippen LogP contribution < -0.4 is 0 Å². The monoisotopic (exact) mass is 296 g/mol. The van der Waals surface area contributed by atoms with E-state index in [0.717, 1.165) is 18.5 Å². The maximum atomic E-state index is 13.3. The topological polar surface area (TPSA) is 60.2 Å². The minimum Gasteiger partial charge on any atom is -0.299 e. The molecule has 0 aromatic carbocycles. The zero-order valence-corrected chi connectivity index (χ0v) is 11.7. The molecule has 0 N–H and O–H groups in total. The van der Waals surface area contributed by atoms with Crippen molar-refractivity contribution in [1.82, 2.24) is 19.6 Å². The predicted molar refractivity (Wildman–Crippen MR) is 77.6 cm³/mol. The normalized spacial score (nSPS) is 14.4. The van der Waals surface area contributed by atoms with Gasteiger partial charge in [0.1, 0.15) is 5.78 Å². The van der Waals surface area contributed by atoms with Gasteiger partial charge >= 0.3 is 0 Å². The summed E-state index contributed by atoms with van der Waals surface area (Å²) < 4.78 is 15.0. The Labute approximate surface area is 125 Å². The summed E-state index contributed by atoms with van der Waals surface area (Å²) in [5.41, 5.74) is 2.04. The molecule has 3 aromatic heterocycles. The van der Waals surface area contributed by atoms with E-state index in [-0.39, 0.29) is 18.1 Å². The fourth-order valence-electron chi connectivity index (χ4n) is 2.51. The van der Waals surface area contributed by atoms with E-state index in [1.54, 1.807) is 10.6 Å². The Balaban J connectivity index is 1.76. The van der Waals surface area contributed by atoms with E-state index in [1.807, 2.05) is 18.2 Å². The van der Waals surface area contributed by atoms with Gasteiger partial charge in [0.05, 0.1) is 12.1 Å². The highest BCUT2D eigenvalue weighted by Gasteiger charge is 2.30. The molecule has 3 aromatic rings. The predicted octanol–water partition coefficient (Wildman–Crippen LogP) is 2.45. The van der Waals surface area contributed by atoms with E-state index in [0.29, 0.717) is 17.0 Å². The van der Waals surface area contributed by atoms with Crippen LogP contribution in [-0.4, -0.2) is 25.4 Å². The standard InChI is InChI=1S/C16H13FN4O/c17-14-8-11(6-7-18-14)12-2-1-3-16-19-15(20-21(12)16)9-13(22)10-4-5-10/h1-3,6-8,10H,4-5,9H2. The van der Waals surface area contributed by atoms with Crippen molar-refractivity contribution in [3.63, 3.8) is 0 Å². The molecule has 6 heteroatoms. The first-order chi connectivity index (χ1) is 10.7. The SMILES string of the molecule is O=C(Cc1nc2cccc(-c3ccnc(F)c3)n2n1)C1CC1. The number of hydrogen-bond acceptors (Lipinski definition) is 4. The molecule has 1 aliphatic carbocycles. The number of hydrogen-bond donors (Lipinski definition) is 0. The van der Waals surface area contributed by atoms with Gasteiger partial charge in [-0.15, -0.1) is 0 Å². The average Bonchev–Trinajstić information content (AvgIpc) is 3.27. The molecular formula is C16H13FN4O. The van der Waals surface area contributed by atoms with E-state index >= 15 is 0 Å². The third-order valence-corrected chi connectivity index (χ3v) is 3.79. The third-order valence-electron chi connectivity index (χ3n) is 3.79. The Bertz CT molecular complexity index is 869. The molecule has 1 aliphatic rings. The summed E-state index contributed by atoms with van der Waals surface area (Å²) in [5.74, 6) is 0.366. The Morgan fingerprint density at radius 2 is 2.18 bits per heavy atom. The molecule has 0 radical (unpaired) electrons. The molecule has 22 heavy (non-hydrogen) atoms. The highest BCUT2D eigenvalue weighted by atomic mass is 19.1. The van der Waals surface area contributed by atoms with Crippen molar-refractivity contribution in [2.45, 2.75) is 19.3 Å². The summed E-state index contributed by atoms with van der Waals surface area (Å²) in [5, 5.41) is 4.41. The van der Waals surface area contributed by atoms with Gasteiger partial charge in [0.2, 0.25) is 5.95 Å². The Kier molecular flexibility index (Phi) is 2.96. The summed E-state index contributed by atoms with van der Waals surface area (Å²) in [4.78, 5) is 19.9. The number of halogens is 1. The van der Waals surface area contributed by atoms with Gasteiger partial charge in [-0.25, -0.2) is 14.5 Å². The largest absolute Gasteiger partial charge is 0.299 e. The van der Waals surface area contributed by atoms with Crippen LogP contribution in [0.5, 0.6) is 0 Å². The number of ketones is 1. The maximum absolute atomic E-state index is 13.3. The second-order valence-electron chi connectivity index (χ2n) is 5.49. The van der Waals surface area contributed by atoms with Crippen LogP contribution in [0, 0.1) is 11.9 Å². The van der Waals surface area contributed by atoms with Crippen molar-refractivity contribution in [1.29, 1.82) is 0 Å². The summed E-state index contributed by atoms with van der Waals surface area (Å²) in [6.45, 7) is 0. The first-order valence-electron chi connectivity index (χ1n) is 7.20. The van der Waals surface area contributed by atoms with E-state index < -0.39 is 5.95 Å². The lowest BCUT2D eigenvalue weighted by molar-refractivity contribution is -0.119. The van der Waals surface area contributed by atoms with Crippen LogP contribution >= 0.6 is 0 Å². The van der Waals surface area contributed by atoms with E-state index in [1.165, 1.54) is 12.3 Å². The minimum atomic E-state index is -0.543. The smallest absolute Gasteiger partial charge is 0.213 e. The summed E-state index contributed by atoms with van der Waals surface area (Å²) in [6.07, 6.45) is 3.63. The first-order valence-corrected chi connectivity index (χ1v) is 7.20. The van der Waals surface area contributed by atoms with Crippen molar-refractivity contribution >= 4 is 11.4 Å². The van der Waals surface area contributed by atoms with Crippen LogP contribution in [-0.2, 0) is 11.2 Å². The molecule has 0 saturated heterocycles. The molecule has 0 atom stereocenters. The lowest BCUT2D eigenvalue weighted by atomic mass is 10.2. The van der Waals surface area contributed by atoms with Gasteiger partial charge in [0.25, 0.3) is 0 Å². The molecule has 5 nitrogen and oxygen atoms in total. The van der Waals surface area contributed by atoms with Crippen molar-refractivity contribution in [3.05, 3.63) is 48.3 Å². The van der Waals surface area contributed by atoms with Crippen molar-refractivity contribution < 1.29 is 9.18 Å². The Hall–Kier alpha value is -2.63. The average molecular weight is 296 g/mol. The van der Waals surface area contributed by atoms with Crippen LogP contribution in [0.3, 0.4) is 0 Å². The molecule has 0 amide bonds. The number of aromatic nitrogens is 4. The van der Waals surface area contributed by atoms with Gasteiger partial charge in [-0.3, -0.25) is 4.79 Å². The highest BCUT2D eigenvalue weighted by molar-refractivity contribution is 5.84. The summed E-state index contributed by atoms with van der Waals surface area (Å²) >= 11 is 0. The van der Waals surface area contributed by atoms with Crippen molar-refractivity contribution in [2.75, 3.05) is 0 Å². The molecule has 0 bridgehead atoms. The number of pyridine rings is 2. The van der Waals surface area contributed by atoms with Crippen molar-refractivity contribution in [2.24, 2.45) is 5.92 Å². The zero-order valence-electron chi connectivity index (χ0n) is 11.7. The molecule has 1 saturated carbocycles. The Morgan fingerprint density at radius 3 is 2.95 bits per heavy atom. The molecule has 0 unspecified atom stereocenters. The van der Waals surface area contributed by atoms with Crippen LogP contribution in [0.2, 0.25) is 0 Å². The fraction of sp³-hybridized carbons (Fsp3) is 0.250. The number of fused-ring (bicyclic) bond motifs is 1. The third kappa shape index (κ3) is 2.36. The van der Waals surface area contributed by atoms with Gasteiger partial charge in [0.15, 0.2) is 11.5 Å². The van der Waals surface area contributed by atoms with E-state index in [2.05, 4.69) is 15.1 Å². The number of Topliss-reactive ketones (excluding diaryl/α,β-unsaturated/α-hetero) is 1. The van der Waals surface area contributed by atoms with Crippen LogP contribution in [0.15, 0.2) is 36.5 Å². The van der Waals surface area contributed by atoms with Crippen LogP contribution in [0.4, 0.5) is 4.39 Å². The number of carbonyl (C=O) groups excluding carboxylic acids is 1. The lowest BCUT2D eigenvalue weighted by Crippen LogP contribution is -2.06. The summed E-state index contributed by atoms with van der Waals surface area (Å²) in [6, 6.07) is 8.56. The number of carbonyl (C=O) groups is 1. The molecular weight excluding hydrogens is 283 g/mol. The molecule has 0 spiro atoms. The van der Waals surface area contributed by atoms with Gasteiger partial charge in [-0.1, -0.05) is 6.07 Å². The Morgan fingerprint density at radius 1 is 1.32 bits per heavy atom. The van der Waals surface area contributed by atoms with Gasteiger partial charge in [0, 0.05) is 23.7 Å². The number of rotatable bonds is 4. The fourth-order valence-corrected chi connectivity index (χ4v) is 2.51. The van der Waals surface area contributed by atoms with Crippen molar-refractivity contribution in [3.8, 4) is 11.3 Å². The van der Waals surface area contributed by atoms with Gasteiger partial charge in [-0.05, 0) is 31.0 Å². The first kappa shape index (κ1) is 13.1. The molecule has 4 rings (SSSR count). The van der Waals surface area contributed by atoms with Gasteiger partial charge < -0.3 is 0 Å². The molecule has 1 fully saturated rings. The minimum absolute atomic E-state index is 0.195. The molecule has 0 aliphatic heterocycles. The molecule has 110 valence electrons. The van der Waals surface area contributed by atoms with E-state index in [4.69, 9.17) is 0 Å². The zero-order chi connectivity index (χ0) is 15.1. The highest BCUT2D eigenvalue weighted by Crippen LogP contribution is 2.30. The van der Waals surface area contributed by atoms with Crippen LogP contribution in [0.1, 0.15) is 18.7 Å². The second kappa shape index (κ2) is 4.98. The number of nitrogens with zero attached hydrogens (tertiary/aromatic N) is 4. The van der Waals surface area contributed by atoms with Gasteiger partial charge in [-0.2, -0.15) is 9.49 Å². The quantitative estimate of drug-likeness (QED) is 0.694. The van der Waals surface area contributed by atoms with Crippen LogP contribution in [0.25, 0.3) is 16.9 Å². The second-order valence-corrected chi connectivity index (χ2v) is 5.49.